The molecule has 1 aromatic rings. The van der Waals surface area contributed by atoms with E-state index in [0.29, 0.717) is 0 Å². The topological polar surface area (TPSA) is 52.5 Å². The van der Waals surface area contributed by atoms with Gasteiger partial charge in [0.05, 0.1) is 6.10 Å². The molecule has 1 aromatic carbocycles. The number of aliphatic hydroxyl groups is 1. The number of nitrogens with one attached hydrogen (secondary N) is 1. The summed E-state index contributed by atoms with van der Waals surface area (Å²) in [6.45, 7) is 2.92. The summed E-state index contributed by atoms with van der Waals surface area (Å²) in [7, 11) is 0. The third-order valence-corrected chi connectivity index (χ3v) is 3.14. The summed E-state index contributed by atoms with van der Waals surface area (Å²) >= 11 is 0. The first-order valence-corrected chi connectivity index (χ1v) is 5.33. The molecule has 0 radical (unpaired) electrons. The van der Waals surface area contributed by atoms with Crippen LogP contribution in [0.2, 0.25) is 0 Å². The molecule has 0 aromatic heterocycles. The van der Waals surface area contributed by atoms with E-state index in [-0.39, 0.29) is 17.4 Å². The van der Waals surface area contributed by atoms with Crippen molar-refractivity contribution < 1.29 is 10.2 Å². The highest BCUT2D eigenvalue weighted by molar-refractivity contribution is 5.31. The van der Waals surface area contributed by atoms with Gasteiger partial charge in [-0.25, -0.2) is 0 Å². The van der Waals surface area contributed by atoms with E-state index < -0.39 is 0 Å². The van der Waals surface area contributed by atoms with E-state index in [1.54, 1.807) is 12.1 Å². The molecule has 1 fully saturated rings. The second-order valence-electron chi connectivity index (χ2n) is 4.45. The molecule has 15 heavy (non-hydrogen) atoms. The lowest BCUT2D eigenvalue weighted by atomic mass is 9.83. The number of hydrogen-bond donors (Lipinski definition) is 3. The van der Waals surface area contributed by atoms with Crippen molar-refractivity contribution in [1.82, 2.24) is 5.32 Å². The van der Waals surface area contributed by atoms with E-state index in [2.05, 4.69) is 12.2 Å². The molecule has 2 unspecified atom stereocenters. The van der Waals surface area contributed by atoms with Gasteiger partial charge < -0.3 is 15.5 Å². The summed E-state index contributed by atoms with van der Waals surface area (Å²) in [6, 6.07) is 7.17. The highest BCUT2D eigenvalue weighted by atomic mass is 16.3. The van der Waals surface area contributed by atoms with E-state index >= 15 is 0 Å². The molecule has 0 amide bonds. The third kappa shape index (κ3) is 2.13. The first kappa shape index (κ1) is 10.5. The van der Waals surface area contributed by atoms with Crippen LogP contribution in [0.25, 0.3) is 0 Å². The molecule has 1 saturated heterocycles. The Labute approximate surface area is 89.8 Å². The first-order valence-electron chi connectivity index (χ1n) is 5.33. The number of phenols is 1. The van der Waals surface area contributed by atoms with Crippen LogP contribution in [0.1, 0.15) is 25.3 Å². The Morgan fingerprint density at radius 1 is 1.33 bits per heavy atom. The van der Waals surface area contributed by atoms with Crippen molar-refractivity contribution in [2.75, 3.05) is 6.54 Å². The molecule has 0 bridgehead atoms. The van der Waals surface area contributed by atoms with Gasteiger partial charge in [-0.1, -0.05) is 12.1 Å². The van der Waals surface area contributed by atoms with Crippen molar-refractivity contribution in [3.8, 4) is 5.75 Å². The van der Waals surface area contributed by atoms with E-state index in [1.165, 1.54) is 0 Å². The molecule has 3 N–H and O–H groups in total. The Hall–Kier alpha value is -1.06. The number of benzene rings is 1. The van der Waals surface area contributed by atoms with Gasteiger partial charge in [0.15, 0.2) is 0 Å². The number of aromatic hydroxyl groups is 1. The zero-order valence-electron chi connectivity index (χ0n) is 8.90. The minimum Gasteiger partial charge on any atom is -0.508 e. The maximum absolute atomic E-state index is 9.67. The summed E-state index contributed by atoms with van der Waals surface area (Å²) in [5.74, 6) is 0.277. The second-order valence-corrected chi connectivity index (χ2v) is 4.45. The van der Waals surface area contributed by atoms with Crippen molar-refractivity contribution in [2.24, 2.45) is 0 Å². The smallest absolute Gasteiger partial charge is 0.115 e. The summed E-state index contributed by atoms with van der Waals surface area (Å²) in [6.07, 6.45) is 1.30. The van der Waals surface area contributed by atoms with Gasteiger partial charge in [0.25, 0.3) is 0 Å². The number of hydrogen-bond acceptors (Lipinski definition) is 3. The molecule has 2 rings (SSSR count). The largest absolute Gasteiger partial charge is 0.508 e. The normalized spacial score (nSPS) is 31.5. The molecular formula is C12H17NO2. The lowest BCUT2D eigenvalue weighted by Crippen LogP contribution is -2.47. The van der Waals surface area contributed by atoms with E-state index in [1.807, 2.05) is 12.1 Å². The van der Waals surface area contributed by atoms with Crippen LogP contribution >= 0.6 is 0 Å². The molecular weight excluding hydrogens is 190 g/mol. The Balaban J connectivity index is 2.24. The lowest BCUT2D eigenvalue weighted by Gasteiger charge is -2.38. The standard InChI is InChI=1S/C12H17NO2/c1-12(8-11(15)6-7-13-12)9-2-4-10(14)5-3-9/h2-5,11,13-15H,6-8H2,1H3. The molecule has 0 saturated carbocycles. The van der Waals surface area contributed by atoms with Crippen LogP contribution in [0.4, 0.5) is 0 Å². The van der Waals surface area contributed by atoms with E-state index in [0.717, 1.165) is 24.9 Å². The van der Waals surface area contributed by atoms with Crippen molar-refractivity contribution in [1.29, 1.82) is 0 Å². The molecule has 3 heteroatoms. The number of aliphatic hydroxyl groups excluding tert-OH is 1. The number of rotatable bonds is 1. The van der Waals surface area contributed by atoms with Gasteiger partial charge in [0.1, 0.15) is 5.75 Å². The fraction of sp³-hybridized carbons (Fsp3) is 0.500. The fourth-order valence-corrected chi connectivity index (χ4v) is 2.21. The minimum absolute atomic E-state index is 0.175. The van der Waals surface area contributed by atoms with Gasteiger partial charge in [-0.15, -0.1) is 0 Å². The molecule has 1 aliphatic rings. The van der Waals surface area contributed by atoms with Crippen molar-refractivity contribution in [3.63, 3.8) is 0 Å². The Morgan fingerprint density at radius 3 is 2.60 bits per heavy atom. The van der Waals surface area contributed by atoms with Crippen LogP contribution in [-0.4, -0.2) is 22.9 Å². The van der Waals surface area contributed by atoms with Crippen LogP contribution < -0.4 is 5.32 Å². The Morgan fingerprint density at radius 2 is 2.00 bits per heavy atom. The van der Waals surface area contributed by atoms with E-state index in [9.17, 15) is 10.2 Å². The van der Waals surface area contributed by atoms with Gasteiger partial charge in [-0.2, -0.15) is 0 Å². The minimum atomic E-state index is -0.231. The highest BCUT2D eigenvalue weighted by Gasteiger charge is 2.32. The molecule has 1 heterocycles. The van der Waals surface area contributed by atoms with Crippen LogP contribution in [-0.2, 0) is 5.54 Å². The number of phenolic OH excluding ortho intramolecular Hbond substituents is 1. The maximum atomic E-state index is 9.67. The predicted molar refractivity (Wildman–Crippen MR) is 58.7 cm³/mol. The molecule has 3 nitrogen and oxygen atoms in total. The van der Waals surface area contributed by atoms with Crippen LogP contribution in [0, 0.1) is 0 Å². The lowest BCUT2D eigenvalue weighted by molar-refractivity contribution is 0.0835. The molecule has 1 aliphatic heterocycles. The molecule has 0 aliphatic carbocycles. The van der Waals surface area contributed by atoms with Crippen LogP contribution in [0.3, 0.4) is 0 Å². The Kier molecular flexibility index (Phi) is 2.67. The summed E-state index contributed by atoms with van der Waals surface area (Å²) < 4.78 is 0. The fourth-order valence-electron chi connectivity index (χ4n) is 2.21. The van der Waals surface area contributed by atoms with Gasteiger partial charge in [-0.05, 0) is 44.0 Å². The predicted octanol–water partition coefficient (Wildman–Crippen LogP) is 1.35. The monoisotopic (exact) mass is 207 g/mol. The maximum Gasteiger partial charge on any atom is 0.115 e. The second kappa shape index (κ2) is 3.83. The quantitative estimate of drug-likeness (QED) is 0.651. The van der Waals surface area contributed by atoms with Crippen molar-refractivity contribution >= 4 is 0 Å². The van der Waals surface area contributed by atoms with Crippen molar-refractivity contribution in [3.05, 3.63) is 29.8 Å². The molecule has 0 spiro atoms. The summed E-state index contributed by atoms with van der Waals surface area (Å²) in [5.41, 5.74) is 0.935. The Bertz CT molecular complexity index is 336. The SMILES string of the molecule is CC1(c2ccc(O)cc2)CC(O)CCN1. The number of piperidine rings is 1. The van der Waals surface area contributed by atoms with Crippen LogP contribution in [0.5, 0.6) is 5.75 Å². The average molecular weight is 207 g/mol. The van der Waals surface area contributed by atoms with Crippen molar-refractivity contribution in [2.45, 2.75) is 31.4 Å². The zero-order chi connectivity index (χ0) is 10.9. The highest BCUT2D eigenvalue weighted by Crippen LogP contribution is 2.30. The van der Waals surface area contributed by atoms with Gasteiger partial charge in [0, 0.05) is 5.54 Å². The first-order chi connectivity index (χ1) is 7.10. The average Bonchev–Trinajstić information content (AvgIpc) is 2.18. The third-order valence-electron chi connectivity index (χ3n) is 3.14. The summed E-state index contributed by atoms with van der Waals surface area (Å²) in [5, 5.41) is 22.3. The molecule has 2 atom stereocenters. The van der Waals surface area contributed by atoms with E-state index in [4.69, 9.17) is 0 Å². The summed E-state index contributed by atoms with van der Waals surface area (Å²) in [4.78, 5) is 0. The van der Waals surface area contributed by atoms with Gasteiger partial charge in [-0.3, -0.25) is 0 Å². The van der Waals surface area contributed by atoms with Gasteiger partial charge in [0.2, 0.25) is 0 Å². The van der Waals surface area contributed by atoms with Crippen LogP contribution in [0.15, 0.2) is 24.3 Å². The zero-order valence-corrected chi connectivity index (χ0v) is 8.90. The molecule has 82 valence electrons. The van der Waals surface area contributed by atoms with Gasteiger partial charge >= 0.3 is 0 Å².